The van der Waals surface area contributed by atoms with E-state index in [0.717, 1.165) is 24.1 Å². The van der Waals surface area contributed by atoms with Gasteiger partial charge in [-0.2, -0.15) is 15.0 Å². The number of anilines is 2. The number of amides is 1. The lowest BCUT2D eigenvalue weighted by Crippen LogP contribution is -2.51. The molecule has 184 valence electrons. The van der Waals surface area contributed by atoms with Gasteiger partial charge in [-0.1, -0.05) is 30.6 Å². The van der Waals surface area contributed by atoms with Crippen molar-refractivity contribution in [1.29, 1.82) is 0 Å². The Morgan fingerprint density at radius 2 is 1.94 bits per heavy atom. The standard InChI is InChI=1S/C24H29N7O3S/c1-30(2)21(32)15-8-10-16(11-9-15)34-24-28-20(19-14-26-22(25)35-19)27-23(29-24)31-12-13-33-18-7-5-3-4-6-17(18)31/h8-11,14,17-18H,3-7,12-13H2,1-2H3,(H2,25,26)/t17?,18-/m1/s1. The molecule has 3 aromatic rings. The minimum atomic E-state index is -0.0747. The largest absolute Gasteiger partial charge is 0.424 e. The summed E-state index contributed by atoms with van der Waals surface area (Å²) in [5, 5.41) is 0.445. The topological polar surface area (TPSA) is 120 Å². The molecule has 0 radical (unpaired) electrons. The molecule has 1 aromatic carbocycles. The van der Waals surface area contributed by atoms with Crippen molar-refractivity contribution in [3.05, 3.63) is 36.0 Å². The number of fused-ring (bicyclic) bond motifs is 1. The third kappa shape index (κ3) is 5.20. The summed E-state index contributed by atoms with van der Waals surface area (Å²) in [6.07, 6.45) is 7.48. The Labute approximate surface area is 208 Å². The lowest BCUT2D eigenvalue weighted by atomic mass is 10.0. The van der Waals surface area contributed by atoms with Crippen LogP contribution in [0.1, 0.15) is 42.5 Å². The number of hydrogen-bond acceptors (Lipinski definition) is 10. The van der Waals surface area contributed by atoms with E-state index in [4.69, 9.17) is 25.2 Å². The molecule has 10 nitrogen and oxygen atoms in total. The second kappa shape index (κ2) is 10.1. The molecular weight excluding hydrogens is 466 g/mol. The van der Waals surface area contributed by atoms with Gasteiger partial charge in [0.15, 0.2) is 11.0 Å². The molecule has 0 spiro atoms. The minimum Gasteiger partial charge on any atom is -0.424 e. The molecule has 1 saturated heterocycles. The monoisotopic (exact) mass is 495 g/mol. The van der Waals surface area contributed by atoms with Crippen molar-refractivity contribution in [2.75, 3.05) is 37.9 Å². The number of nitrogens with zero attached hydrogens (tertiary/aromatic N) is 6. The van der Waals surface area contributed by atoms with E-state index in [9.17, 15) is 4.79 Å². The Bertz CT molecular complexity index is 1180. The van der Waals surface area contributed by atoms with E-state index in [1.54, 1.807) is 44.6 Å². The molecule has 1 aliphatic carbocycles. The van der Waals surface area contributed by atoms with Crippen LogP contribution >= 0.6 is 11.3 Å². The maximum absolute atomic E-state index is 12.2. The highest BCUT2D eigenvalue weighted by molar-refractivity contribution is 7.18. The molecule has 1 saturated carbocycles. The number of carbonyl (C=O) groups is 1. The molecule has 3 heterocycles. The van der Waals surface area contributed by atoms with Gasteiger partial charge in [-0.05, 0) is 37.1 Å². The summed E-state index contributed by atoms with van der Waals surface area (Å²) in [4.78, 5) is 34.9. The van der Waals surface area contributed by atoms with Gasteiger partial charge in [0, 0.05) is 26.2 Å². The molecule has 1 aliphatic heterocycles. The van der Waals surface area contributed by atoms with E-state index < -0.39 is 0 Å². The first-order valence-electron chi connectivity index (χ1n) is 11.8. The van der Waals surface area contributed by atoms with Crippen LogP contribution in [0.4, 0.5) is 11.1 Å². The van der Waals surface area contributed by atoms with Crippen molar-refractivity contribution in [3.8, 4) is 22.5 Å². The van der Waals surface area contributed by atoms with Crippen LogP contribution in [0.3, 0.4) is 0 Å². The van der Waals surface area contributed by atoms with E-state index >= 15 is 0 Å². The molecule has 2 atom stereocenters. The van der Waals surface area contributed by atoms with Crippen molar-refractivity contribution in [3.63, 3.8) is 0 Å². The SMILES string of the molecule is CN(C)C(=O)c1ccc(Oc2nc(-c3cnc(N)s3)nc(N3CCO[C@@H]4CCCCCC43)n2)cc1. The number of benzene rings is 1. The van der Waals surface area contributed by atoms with Crippen LogP contribution in [0, 0.1) is 0 Å². The molecule has 2 aromatic heterocycles. The van der Waals surface area contributed by atoms with Crippen molar-refractivity contribution in [1.82, 2.24) is 24.8 Å². The molecule has 2 aliphatic rings. The highest BCUT2D eigenvalue weighted by atomic mass is 32.1. The number of nitrogen functional groups attached to an aromatic ring is 1. The number of hydrogen-bond donors (Lipinski definition) is 1. The van der Waals surface area contributed by atoms with E-state index in [2.05, 4.69) is 14.9 Å². The number of thiazole rings is 1. The molecule has 11 heteroatoms. The lowest BCUT2D eigenvalue weighted by Gasteiger charge is -2.40. The molecule has 2 N–H and O–H groups in total. The smallest absolute Gasteiger partial charge is 0.327 e. The predicted molar refractivity (Wildman–Crippen MR) is 134 cm³/mol. The first kappa shape index (κ1) is 23.4. The van der Waals surface area contributed by atoms with Crippen LogP contribution in [0.25, 0.3) is 10.7 Å². The lowest BCUT2D eigenvalue weighted by molar-refractivity contribution is 0.00701. The summed E-state index contributed by atoms with van der Waals surface area (Å²) < 4.78 is 12.1. The number of morpholine rings is 1. The van der Waals surface area contributed by atoms with Gasteiger partial charge in [0.05, 0.1) is 29.8 Å². The Morgan fingerprint density at radius 3 is 2.69 bits per heavy atom. The zero-order chi connectivity index (χ0) is 24.4. The van der Waals surface area contributed by atoms with Gasteiger partial charge in [-0.25, -0.2) is 4.98 Å². The van der Waals surface area contributed by atoms with Crippen LogP contribution in [0.5, 0.6) is 11.8 Å². The fraction of sp³-hybridized carbons (Fsp3) is 0.458. The van der Waals surface area contributed by atoms with Gasteiger partial charge in [-0.15, -0.1) is 0 Å². The van der Waals surface area contributed by atoms with E-state index in [1.165, 1.54) is 29.1 Å². The summed E-state index contributed by atoms with van der Waals surface area (Å²) in [6.45, 7) is 1.34. The van der Waals surface area contributed by atoms with Gasteiger partial charge < -0.3 is 25.0 Å². The van der Waals surface area contributed by atoms with Crippen molar-refractivity contribution < 1.29 is 14.3 Å². The third-order valence-corrected chi connectivity index (χ3v) is 7.13. The Kier molecular flexibility index (Phi) is 6.78. The summed E-state index contributed by atoms with van der Waals surface area (Å²) >= 11 is 1.32. The zero-order valence-corrected chi connectivity index (χ0v) is 20.7. The second-order valence-corrected chi connectivity index (χ2v) is 10.0. The molecule has 1 unspecified atom stereocenters. The molecule has 0 bridgehead atoms. The van der Waals surface area contributed by atoms with E-state index in [-0.39, 0.29) is 24.1 Å². The van der Waals surface area contributed by atoms with Crippen LogP contribution in [-0.2, 0) is 4.74 Å². The Balaban J connectivity index is 1.48. The maximum atomic E-state index is 12.2. The molecule has 1 amide bonds. The van der Waals surface area contributed by atoms with Gasteiger partial charge >= 0.3 is 6.01 Å². The highest BCUT2D eigenvalue weighted by Gasteiger charge is 2.35. The fourth-order valence-electron chi connectivity index (χ4n) is 4.57. The van der Waals surface area contributed by atoms with Crippen LogP contribution in [0.15, 0.2) is 30.5 Å². The quantitative estimate of drug-likeness (QED) is 0.566. The van der Waals surface area contributed by atoms with Crippen LogP contribution in [0.2, 0.25) is 0 Å². The van der Waals surface area contributed by atoms with Crippen molar-refractivity contribution >= 4 is 28.3 Å². The van der Waals surface area contributed by atoms with Crippen molar-refractivity contribution in [2.24, 2.45) is 0 Å². The first-order chi connectivity index (χ1) is 17.0. The number of aromatic nitrogens is 4. The number of carbonyl (C=O) groups excluding carboxylic acids is 1. The fourth-order valence-corrected chi connectivity index (χ4v) is 5.19. The summed E-state index contributed by atoms with van der Waals surface area (Å²) in [5.41, 5.74) is 6.45. The first-order valence-corrected chi connectivity index (χ1v) is 12.6. The minimum absolute atomic E-state index is 0.0747. The normalized spacial score (nSPS) is 20.1. The number of ether oxygens (including phenoxy) is 2. The molecule has 2 fully saturated rings. The summed E-state index contributed by atoms with van der Waals surface area (Å²) in [7, 11) is 3.44. The molecular formula is C24H29N7O3S. The predicted octanol–water partition coefficient (Wildman–Crippen LogP) is 3.61. The third-order valence-electron chi connectivity index (χ3n) is 6.30. The van der Waals surface area contributed by atoms with E-state index in [1.807, 2.05) is 0 Å². The van der Waals surface area contributed by atoms with Crippen molar-refractivity contribution in [2.45, 2.75) is 44.2 Å². The molecule has 5 rings (SSSR count). The average molecular weight is 496 g/mol. The van der Waals surface area contributed by atoms with Gasteiger partial charge in [0.1, 0.15) is 5.75 Å². The Hall–Kier alpha value is -3.31. The number of nitrogens with two attached hydrogens (primary N) is 1. The second-order valence-electron chi connectivity index (χ2n) is 8.94. The maximum Gasteiger partial charge on any atom is 0.327 e. The van der Waals surface area contributed by atoms with Crippen LogP contribution < -0.4 is 15.4 Å². The van der Waals surface area contributed by atoms with Gasteiger partial charge in [0.25, 0.3) is 5.91 Å². The van der Waals surface area contributed by atoms with Crippen LogP contribution in [-0.4, -0.2) is 70.1 Å². The summed E-state index contributed by atoms with van der Waals surface area (Å²) in [6, 6.07) is 7.32. The van der Waals surface area contributed by atoms with Gasteiger partial charge in [-0.3, -0.25) is 4.79 Å². The van der Waals surface area contributed by atoms with Gasteiger partial charge in [0.2, 0.25) is 5.95 Å². The Morgan fingerprint density at radius 1 is 1.14 bits per heavy atom. The zero-order valence-electron chi connectivity index (χ0n) is 19.9. The number of rotatable bonds is 5. The molecule has 35 heavy (non-hydrogen) atoms. The van der Waals surface area contributed by atoms with E-state index in [0.29, 0.717) is 41.4 Å². The average Bonchev–Trinajstić information content (AvgIpc) is 3.15. The summed E-state index contributed by atoms with van der Waals surface area (Å²) in [5.74, 6) is 1.49. The highest BCUT2D eigenvalue weighted by Crippen LogP contribution is 2.33.